The zero-order valence-electron chi connectivity index (χ0n) is 16.4. The molecule has 0 saturated heterocycles. The molecule has 4 rings (SSSR count). The first-order valence-electron chi connectivity index (χ1n) is 9.25. The van der Waals surface area contributed by atoms with Gasteiger partial charge in [-0.1, -0.05) is 47.5 Å². The fourth-order valence-electron chi connectivity index (χ4n) is 3.33. The second kappa shape index (κ2) is 8.42. The highest BCUT2D eigenvalue weighted by Gasteiger charge is 2.17. The lowest BCUT2D eigenvalue weighted by molar-refractivity contribution is 0.306. The van der Waals surface area contributed by atoms with Crippen LogP contribution in [0.5, 0.6) is 11.5 Å². The maximum atomic E-state index is 13.2. The van der Waals surface area contributed by atoms with Gasteiger partial charge in [0.2, 0.25) is 5.43 Å². The number of benzene rings is 3. The first kappa shape index (κ1) is 20.3. The second-order valence-electron chi connectivity index (χ2n) is 6.76. The molecule has 1 aromatic heterocycles. The van der Waals surface area contributed by atoms with Crippen molar-refractivity contribution in [3.8, 4) is 22.6 Å². The molecule has 0 unspecified atom stereocenters. The number of rotatable bonds is 5. The van der Waals surface area contributed by atoms with Gasteiger partial charge >= 0.3 is 0 Å². The minimum absolute atomic E-state index is 0.116. The van der Waals surface area contributed by atoms with Crippen molar-refractivity contribution in [3.05, 3.63) is 92.3 Å². The Balaban J connectivity index is 1.69. The normalized spacial score (nSPS) is 10.9. The van der Waals surface area contributed by atoms with Gasteiger partial charge in [0.1, 0.15) is 29.4 Å². The SMILES string of the molecule is COc1ccccc1-c1c(C)oc2cc(OCc3ccc(Cl)c(Cl)c3)ccc2c1=O. The lowest BCUT2D eigenvalue weighted by atomic mass is 10.0. The monoisotopic (exact) mass is 440 g/mol. The molecule has 4 aromatic rings. The van der Waals surface area contributed by atoms with Gasteiger partial charge in [0.15, 0.2) is 0 Å². The van der Waals surface area contributed by atoms with Crippen LogP contribution in [-0.4, -0.2) is 7.11 Å². The lowest BCUT2D eigenvalue weighted by Crippen LogP contribution is -2.08. The summed E-state index contributed by atoms with van der Waals surface area (Å²) in [6.45, 7) is 2.08. The number of para-hydroxylation sites is 1. The Labute approximate surface area is 183 Å². The number of aryl methyl sites for hydroxylation is 1. The van der Waals surface area contributed by atoms with E-state index in [2.05, 4.69) is 0 Å². The molecule has 0 aliphatic heterocycles. The molecule has 0 spiro atoms. The molecule has 0 bridgehead atoms. The summed E-state index contributed by atoms with van der Waals surface area (Å²) in [7, 11) is 1.58. The number of halogens is 2. The van der Waals surface area contributed by atoms with Gasteiger partial charge in [0, 0.05) is 11.6 Å². The van der Waals surface area contributed by atoms with Crippen LogP contribution in [0.25, 0.3) is 22.1 Å². The van der Waals surface area contributed by atoms with Crippen LogP contribution in [0.15, 0.2) is 69.9 Å². The summed E-state index contributed by atoms with van der Waals surface area (Å²) in [4.78, 5) is 13.2. The lowest BCUT2D eigenvalue weighted by Gasteiger charge is -2.12. The largest absolute Gasteiger partial charge is 0.496 e. The third-order valence-electron chi connectivity index (χ3n) is 4.81. The number of hydrogen-bond acceptors (Lipinski definition) is 4. The standard InChI is InChI=1S/C24H18Cl2O4/c1-14-23(17-5-3-4-6-21(17)28-2)24(27)18-9-8-16(12-22(18)30-14)29-13-15-7-10-19(25)20(26)11-15/h3-12H,13H2,1-2H3. The van der Waals surface area contributed by atoms with Gasteiger partial charge in [-0.2, -0.15) is 0 Å². The van der Waals surface area contributed by atoms with Crippen molar-refractivity contribution in [1.29, 1.82) is 0 Å². The summed E-state index contributed by atoms with van der Waals surface area (Å²) >= 11 is 12.0. The van der Waals surface area contributed by atoms with E-state index in [4.69, 9.17) is 37.1 Å². The van der Waals surface area contributed by atoms with Crippen LogP contribution < -0.4 is 14.9 Å². The Bertz CT molecular complexity index is 1290. The Morgan fingerprint density at radius 2 is 1.77 bits per heavy atom. The molecule has 4 nitrogen and oxygen atoms in total. The molecular formula is C24H18Cl2O4. The molecule has 152 valence electrons. The van der Waals surface area contributed by atoms with Crippen LogP contribution in [0, 0.1) is 6.92 Å². The molecule has 6 heteroatoms. The van der Waals surface area contributed by atoms with Gasteiger partial charge in [0.05, 0.1) is 28.1 Å². The highest BCUT2D eigenvalue weighted by molar-refractivity contribution is 6.42. The molecule has 0 atom stereocenters. The minimum atomic E-state index is -0.116. The first-order chi connectivity index (χ1) is 14.5. The first-order valence-corrected chi connectivity index (χ1v) is 10.0. The van der Waals surface area contributed by atoms with E-state index in [9.17, 15) is 4.79 Å². The number of methoxy groups -OCH3 is 1. The van der Waals surface area contributed by atoms with Crippen molar-refractivity contribution in [3.63, 3.8) is 0 Å². The fraction of sp³-hybridized carbons (Fsp3) is 0.125. The maximum Gasteiger partial charge on any atom is 0.200 e. The molecule has 3 aromatic carbocycles. The number of hydrogen-bond donors (Lipinski definition) is 0. The third-order valence-corrected chi connectivity index (χ3v) is 5.54. The Kier molecular flexibility index (Phi) is 5.71. The van der Waals surface area contributed by atoms with Gasteiger partial charge in [-0.15, -0.1) is 0 Å². The second-order valence-corrected chi connectivity index (χ2v) is 7.57. The third kappa shape index (κ3) is 3.89. The summed E-state index contributed by atoms with van der Waals surface area (Å²) in [5.41, 5.74) is 2.42. The Hall–Kier alpha value is -2.95. The van der Waals surface area contributed by atoms with Gasteiger partial charge in [-0.25, -0.2) is 0 Å². The summed E-state index contributed by atoms with van der Waals surface area (Å²) in [6.07, 6.45) is 0. The highest BCUT2D eigenvalue weighted by atomic mass is 35.5. The molecular weight excluding hydrogens is 423 g/mol. The van der Waals surface area contributed by atoms with Crippen LogP contribution in [-0.2, 0) is 6.61 Å². The topological polar surface area (TPSA) is 48.7 Å². The van der Waals surface area contributed by atoms with Crippen LogP contribution in [0.2, 0.25) is 10.0 Å². The van der Waals surface area contributed by atoms with Crippen LogP contribution >= 0.6 is 23.2 Å². The summed E-state index contributed by atoms with van der Waals surface area (Å²) in [6, 6.07) is 17.9. The number of ether oxygens (including phenoxy) is 2. The van der Waals surface area contributed by atoms with Crippen molar-refractivity contribution >= 4 is 34.2 Å². The Morgan fingerprint density at radius 3 is 2.53 bits per heavy atom. The minimum Gasteiger partial charge on any atom is -0.496 e. The highest BCUT2D eigenvalue weighted by Crippen LogP contribution is 2.32. The quantitative estimate of drug-likeness (QED) is 0.347. The van der Waals surface area contributed by atoms with Gasteiger partial charge in [-0.05, 0) is 42.8 Å². The average Bonchev–Trinajstić information content (AvgIpc) is 2.74. The van der Waals surface area contributed by atoms with Crippen molar-refractivity contribution in [2.45, 2.75) is 13.5 Å². The van der Waals surface area contributed by atoms with Crippen molar-refractivity contribution in [2.75, 3.05) is 7.11 Å². The molecule has 0 amide bonds. The van der Waals surface area contributed by atoms with Crippen LogP contribution in [0.1, 0.15) is 11.3 Å². The van der Waals surface area contributed by atoms with Crippen molar-refractivity contribution < 1.29 is 13.9 Å². The Morgan fingerprint density at radius 1 is 0.967 bits per heavy atom. The van der Waals surface area contributed by atoms with E-state index in [0.717, 1.165) is 5.56 Å². The van der Waals surface area contributed by atoms with Crippen molar-refractivity contribution in [1.82, 2.24) is 0 Å². The van der Waals surface area contributed by atoms with E-state index >= 15 is 0 Å². The molecule has 0 aliphatic rings. The van der Waals surface area contributed by atoms with E-state index in [1.54, 1.807) is 44.4 Å². The maximum absolute atomic E-state index is 13.2. The zero-order valence-corrected chi connectivity index (χ0v) is 17.9. The van der Waals surface area contributed by atoms with E-state index < -0.39 is 0 Å². The number of fused-ring (bicyclic) bond motifs is 1. The summed E-state index contributed by atoms with van der Waals surface area (Å²) < 4.78 is 17.2. The molecule has 0 saturated carbocycles. The predicted molar refractivity (Wildman–Crippen MR) is 120 cm³/mol. The predicted octanol–water partition coefficient (Wildman–Crippen LogP) is 6.66. The molecule has 0 N–H and O–H groups in total. The van der Waals surface area contributed by atoms with E-state index in [1.165, 1.54) is 0 Å². The average molecular weight is 441 g/mol. The van der Waals surface area contributed by atoms with Gasteiger partial charge < -0.3 is 13.9 Å². The van der Waals surface area contributed by atoms with E-state index in [1.807, 2.05) is 30.3 Å². The van der Waals surface area contributed by atoms with E-state index in [0.29, 0.717) is 56.0 Å². The molecule has 1 heterocycles. The van der Waals surface area contributed by atoms with Gasteiger partial charge in [-0.3, -0.25) is 4.79 Å². The zero-order chi connectivity index (χ0) is 21.3. The smallest absolute Gasteiger partial charge is 0.200 e. The molecule has 0 radical (unpaired) electrons. The fourth-order valence-corrected chi connectivity index (χ4v) is 3.65. The van der Waals surface area contributed by atoms with Crippen LogP contribution in [0.4, 0.5) is 0 Å². The summed E-state index contributed by atoms with van der Waals surface area (Å²) in [5.74, 6) is 1.72. The summed E-state index contributed by atoms with van der Waals surface area (Å²) in [5, 5.41) is 1.44. The van der Waals surface area contributed by atoms with E-state index in [-0.39, 0.29) is 5.43 Å². The van der Waals surface area contributed by atoms with Crippen molar-refractivity contribution in [2.24, 2.45) is 0 Å². The molecule has 0 fully saturated rings. The molecule has 30 heavy (non-hydrogen) atoms. The van der Waals surface area contributed by atoms with Gasteiger partial charge in [0.25, 0.3) is 0 Å². The molecule has 0 aliphatic carbocycles. The van der Waals surface area contributed by atoms with Crippen LogP contribution in [0.3, 0.4) is 0 Å².